The summed E-state index contributed by atoms with van der Waals surface area (Å²) in [5, 5.41) is 2.50. The molecule has 0 radical (unpaired) electrons. The molecule has 0 aromatic heterocycles. The number of hydrogen-bond donors (Lipinski definition) is 3. The number of methoxy groups -OCH3 is 1. The molecule has 0 aliphatic carbocycles. The van der Waals surface area contributed by atoms with Gasteiger partial charge in [0, 0.05) is 10.0 Å². The third kappa shape index (κ3) is 8.07. The van der Waals surface area contributed by atoms with Crippen molar-refractivity contribution in [3.8, 4) is 11.5 Å². The largest absolute Gasteiger partial charge is 0.496 e. The van der Waals surface area contributed by atoms with E-state index in [-0.39, 0.29) is 5.11 Å². The molecule has 172 valence electrons. The maximum absolute atomic E-state index is 12.7. The van der Waals surface area contributed by atoms with Crippen LogP contribution in [0.3, 0.4) is 0 Å². The number of unbranched alkanes of at least 4 members (excludes halogenated alkanes) is 3. The van der Waals surface area contributed by atoms with Crippen LogP contribution in [0.25, 0.3) is 0 Å². The lowest BCUT2D eigenvalue weighted by molar-refractivity contribution is 0.0933. The predicted molar refractivity (Wildman–Crippen MR) is 135 cm³/mol. The van der Waals surface area contributed by atoms with E-state index in [1.165, 1.54) is 7.11 Å². The van der Waals surface area contributed by atoms with Crippen LogP contribution >= 0.6 is 44.1 Å². The van der Waals surface area contributed by atoms with Crippen molar-refractivity contribution in [1.82, 2.24) is 16.2 Å². The van der Waals surface area contributed by atoms with Crippen molar-refractivity contribution in [2.45, 2.75) is 32.6 Å². The average molecular weight is 587 g/mol. The Morgan fingerprint density at radius 3 is 2.41 bits per heavy atom. The number of hydrazine groups is 1. The van der Waals surface area contributed by atoms with Crippen LogP contribution in [0, 0.1) is 0 Å². The number of amides is 2. The van der Waals surface area contributed by atoms with Gasteiger partial charge in [-0.25, -0.2) is 0 Å². The monoisotopic (exact) mass is 585 g/mol. The number of carbonyl (C=O) groups is 2. The summed E-state index contributed by atoms with van der Waals surface area (Å²) in [6, 6.07) is 10.1. The molecule has 0 fully saturated rings. The SMILES string of the molecule is CCCCCCOc1ccc(Br)cc1C(=O)NC(=S)NNC(=O)c1ccc(OC)c(Br)c1. The zero-order valence-electron chi connectivity index (χ0n) is 17.8. The first-order valence-corrected chi connectivity index (χ1v) is 12.0. The van der Waals surface area contributed by atoms with Gasteiger partial charge in [0.2, 0.25) is 0 Å². The summed E-state index contributed by atoms with van der Waals surface area (Å²) < 4.78 is 12.3. The highest BCUT2D eigenvalue weighted by atomic mass is 79.9. The lowest BCUT2D eigenvalue weighted by Crippen LogP contribution is -2.48. The molecule has 2 aromatic rings. The van der Waals surface area contributed by atoms with Crippen molar-refractivity contribution >= 4 is 61.0 Å². The topological polar surface area (TPSA) is 88.7 Å². The fourth-order valence-corrected chi connectivity index (χ4v) is 3.76. The summed E-state index contributed by atoms with van der Waals surface area (Å²) in [5.74, 6) is 0.198. The van der Waals surface area contributed by atoms with E-state index < -0.39 is 11.8 Å². The van der Waals surface area contributed by atoms with E-state index in [1.807, 2.05) is 6.07 Å². The standard InChI is InChI=1S/C22H25Br2N3O4S/c1-3-4-5-6-11-31-18-10-8-15(23)13-16(18)21(29)25-22(32)27-26-20(28)14-7-9-19(30-2)17(24)12-14/h7-10,12-13H,3-6,11H2,1-2H3,(H,26,28)(H2,25,27,29,32). The van der Waals surface area contributed by atoms with Gasteiger partial charge in [0.25, 0.3) is 11.8 Å². The number of rotatable bonds is 9. The number of nitrogens with one attached hydrogen (secondary N) is 3. The molecule has 2 rings (SSSR count). The van der Waals surface area contributed by atoms with Gasteiger partial charge in [-0.2, -0.15) is 0 Å². The molecule has 2 amide bonds. The second-order valence-corrected chi connectivity index (χ2v) is 8.94. The fourth-order valence-electron chi connectivity index (χ4n) is 2.71. The summed E-state index contributed by atoms with van der Waals surface area (Å²) in [7, 11) is 1.54. The average Bonchev–Trinajstić information content (AvgIpc) is 2.78. The van der Waals surface area contributed by atoms with E-state index in [2.05, 4.69) is 55.0 Å². The van der Waals surface area contributed by atoms with Crippen molar-refractivity contribution in [3.05, 3.63) is 56.5 Å². The van der Waals surface area contributed by atoms with Crippen LogP contribution in [0.15, 0.2) is 45.3 Å². The zero-order chi connectivity index (χ0) is 23.5. The first-order valence-electron chi connectivity index (χ1n) is 10.0. The van der Waals surface area contributed by atoms with E-state index in [9.17, 15) is 9.59 Å². The number of hydrogen-bond acceptors (Lipinski definition) is 5. The molecule has 0 saturated heterocycles. The fraction of sp³-hybridized carbons (Fsp3) is 0.318. The Balaban J connectivity index is 1.92. The summed E-state index contributed by atoms with van der Waals surface area (Å²) in [5.41, 5.74) is 5.70. The summed E-state index contributed by atoms with van der Waals surface area (Å²) in [6.45, 7) is 2.67. The minimum absolute atomic E-state index is 0.0511. The highest BCUT2D eigenvalue weighted by Gasteiger charge is 2.16. The smallest absolute Gasteiger partial charge is 0.269 e. The molecule has 0 saturated carbocycles. The van der Waals surface area contributed by atoms with Gasteiger partial charge in [-0.15, -0.1) is 0 Å². The van der Waals surface area contributed by atoms with Crippen LogP contribution in [-0.4, -0.2) is 30.6 Å². The van der Waals surface area contributed by atoms with Gasteiger partial charge in [-0.1, -0.05) is 42.1 Å². The molecule has 2 aromatic carbocycles. The van der Waals surface area contributed by atoms with Crippen LogP contribution in [-0.2, 0) is 0 Å². The van der Waals surface area contributed by atoms with Gasteiger partial charge >= 0.3 is 0 Å². The lowest BCUT2D eigenvalue weighted by atomic mass is 10.2. The van der Waals surface area contributed by atoms with E-state index in [4.69, 9.17) is 21.7 Å². The Kier molecular flexibility index (Phi) is 10.9. The Morgan fingerprint density at radius 2 is 1.72 bits per heavy atom. The van der Waals surface area contributed by atoms with E-state index in [0.29, 0.717) is 33.7 Å². The Morgan fingerprint density at radius 1 is 0.969 bits per heavy atom. The number of benzene rings is 2. The number of ether oxygens (including phenoxy) is 2. The molecule has 0 bridgehead atoms. The molecular formula is C22H25Br2N3O4S. The predicted octanol–water partition coefficient (Wildman–Crippen LogP) is 5.13. The minimum atomic E-state index is -0.450. The van der Waals surface area contributed by atoms with Gasteiger partial charge in [0.1, 0.15) is 11.5 Å². The van der Waals surface area contributed by atoms with Crippen LogP contribution in [0.2, 0.25) is 0 Å². The molecule has 0 aliphatic rings. The molecular weight excluding hydrogens is 562 g/mol. The molecule has 0 atom stereocenters. The molecule has 10 heteroatoms. The highest BCUT2D eigenvalue weighted by molar-refractivity contribution is 9.10. The Labute approximate surface area is 209 Å². The number of halogens is 2. The Bertz CT molecular complexity index is 972. The molecule has 0 spiro atoms. The van der Waals surface area contributed by atoms with Gasteiger partial charge in [-0.3, -0.25) is 25.8 Å². The second-order valence-electron chi connectivity index (χ2n) is 6.76. The summed E-state index contributed by atoms with van der Waals surface area (Å²) in [4.78, 5) is 25.0. The van der Waals surface area contributed by atoms with Crippen LogP contribution in [0.5, 0.6) is 11.5 Å². The maximum Gasteiger partial charge on any atom is 0.269 e. The second kappa shape index (κ2) is 13.4. The molecule has 32 heavy (non-hydrogen) atoms. The van der Waals surface area contributed by atoms with E-state index >= 15 is 0 Å². The number of thiocarbonyl (C=S) groups is 1. The highest BCUT2D eigenvalue weighted by Crippen LogP contribution is 2.25. The molecule has 3 N–H and O–H groups in total. The third-order valence-electron chi connectivity index (χ3n) is 4.37. The Hall–Kier alpha value is -2.17. The van der Waals surface area contributed by atoms with Crippen molar-refractivity contribution in [3.63, 3.8) is 0 Å². The van der Waals surface area contributed by atoms with Gasteiger partial charge in [0.15, 0.2) is 5.11 Å². The summed E-state index contributed by atoms with van der Waals surface area (Å²) in [6.07, 6.45) is 4.28. The first-order chi connectivity index (χ1) is 15.3. The minimum Gasteiger partial charge on any atom is -0.496 e. The molecule has 0 heterocycles. The third-order valence-corrected chi connectivity index (χ3v) is 5.69. The number of carbonyl (C=O) groups excluding carboxylic acids is 2. The first kappa shape index (κ1) is 26.1. The summed E-state index contributed by atoms with van der Waals surface area (Å²) >= 11 is 11.8. The zero-order valence-corrected chi connectivity index (χ0v) is 21.8. The molecule has 0 aliphatic heterocycles. The molecule has 7 nitrogen and oxygen atoms in total. The van der Waals surface area contributed by atoms with Crippen LogP contribution in [0.4, 0.5) is 0 Å². The van der Waals surface area contributed by atoms with Crippen molar-refractivity contribution in [2.75, 3.05) is 13.7 Å². The van der Waals surface area contributed by atoms with Gasteiger partial charge in [-0.05, 0) is 71.0 Å². The lowest BCUT2D eigenvalue weighted by Gasteiger charge is -2.14. The van der Waals surface area contributed by atoms with E-state index in [1.54, 1.807) is 30.3 Å². The van der Waals surface area contributed by atoms with Crippen molar-refractivity contribution in [2.24, 2.45) is 0 Å². The van der Waals surface area contributed by atoms with Crippen molar-refractivity contribution < 1.29 is 19.1 Å². The molecule has 0 unspecified atom stereocenters. The maximum atomic E-state index is 12.7. The van der Waals surface area contributed by atoms with Gasteiger partial charge < -0.3 is 9.47 Å². The van der Waals surface area contributed by atoms with Crippen LogP contribution in [0.1, 0.15) is 53.3 Å². The quantitative estimate of drug-likeness (QED) is 0.214. The van der Waals surface area contributed by atoms with E-state index in [0.717, 1.165) is 30.2 Å². The van der Waals surface area contributed by atoms with Crippen molar-refractivity contribution in [1.29, 1.82) is 0 Å². The van der Waals surface area contributed by atoms with Gasteiger partial charge in [0.05, 0.1) is 23.8 Å². The normalized spacial score (nSPS) is 10.2. The van der Waals surface area contributed by atoms with Crippen LogP contribution < -0.4 is 25.6 Å².